The van der Waals surface area contributed by atoms with Gasteiger partial charge in [-0.25, -0.2) is 13.1 Å². The fourth-order valence-electron chi connectivity index (χ4n) is 2.53. The molecule has 2 rings (SSSR count). The lowest BCUT2D eigenvalue weighted by Crippen LogP contribution is -2.29. The third-order valence-corrected chi connectivity index (χ3v) is 5.52. The first-order valence-corrected chi connectivity index (χ1v) is 7.42. The highest BCUT2D eigenvalue weighted by Crippen LogP contribution is 2.23. The van der Waals surface area contributed by atoms with Crippen LogP contribution in [0.25, 0.3) is 0 Å². The first-order valence-electron chi connectivity index (χ1n) is 5.88. The molecule has 0 aromatic heterocycles. The maximum Gasteiger partial charge on any atom is 0.214 e. The first-order chi connectivity index (χ1) is 7.18. The summed E-state index contributed by atoms with van der Waals surface area (Å²) in [7, 11) is -2.95. The van der Waals surface area contributed by atoms with Gasteiger partial charge in [0.25, 0.3) is 0 Å². The van der Waals surface area contributed by atoms with Gasteiger partial charge in [0.05, 0.1) is 5.25 Å². The Morgan fingerprint density at radius 1 is 1.00 bits per heavy atom. The van der Waals surface area contributed by atoms with Crippen molar-refractivity contribution in [2.45, 2.75) is 37.4 Å². The molecule has 1 unspecified atom stereocenters. The van der Waals surface area contributed by atoms with Gasteiger partial charge in [-0.1, -0.05) is 0 Å². The van der Waals surface area contributed by atoms with Gasteiger partial charge in [0.2, 0.25) is 10.0 Å². The Morgan fingerprint density at radius 2 is 1.73 bits per heavy atom. The van der Waals surface area contributed by atoms with Crippen LogP contribution in [0.1, 0.15) is 32.1 Å². The largest absolute Gasteiger partial charge is 0.317 e. The molecule has 0 spiro atoms. The van der Waals surface area contributed by atoms with Gasteiger partial charge < -0.3 is 5.32 Å². The molecular weight excluding hydrogens is 212 g/mol. The molecule has 4 nitrogen and oxygen atoms in total. The fourth-order valence-corrected chi connectivity index (χ4v) is 4.04. The number of rotatable bonds is 3. The molecule has 2 aliphatic rings. The van der Waals surface area contributed by atoms with Crippen LogP contribution in [0.15, 0.2) is 0 Å². The van der Waals surface area contributed by atoms with E-state index in [1.807, 2.05) is 0 Å². The highest BCUT2D eigenvalue weighted by atomic mass is 32.2. The van der Waals surface area contributed by atoms with Crippen LogP contribution in [-0.4, -0.2) is 33.3 Å². The number of piperidine rings is 1. The average molecular weight is 232 g/mol. The Hall–Kier alpha value is -0.130. The minimum atomic E-state index is -2.95. The van der Waals surface area contributed by atoms with E-state index < -0.39 is 10.0 Å². The van der Waals surface area contributed by atoms with E-state index in [4.69, 9.17) is 0 Å². The summed E-state index contributed by atoms with van der Waals surface area (Å²) in [5.41, 5.74) is 0. The van der Waals surface area contributed by atoms with Crippen molar-refractivity contribution in [1.82, 2.24) is 10.0 Å². The van der Waals surface area contributed by atoms with E-state index in [-0.39, 0.29) is 5.25 Å². The zero-order chi connectivity index (χ0) is 10.7. The van der Waals surface area contributed by atoms with Crippen LogP contribution in [0, 0.1) is 5.92 Å². The van der Waals surface area contributed by atoms with Crippen molar-refractivity contribution < 1.29 is 8.42 Å². The zero-order valence-electron chi connectivity index (χ0n) is 9.04. The van der Waals surface area contributed by atoms with Crippen molar-refractivity contribution in [1.29, 1.82) is 0 Å². The van der Waals surface area contributed by atoms with Crippen molar-refractivity contribution >= 4 is 10.0 Å². The van der Waals surface area contributed by atoms with Crippen molar-refractivity contribution in [3.05, 3.63) is 0 Å². The number of sulfonamides is 1. The van der Waals surface area contributed by atoms with Crippen molar-refractivity contribution in [3.63, 3.8) is 0 Å². The highest BCUT2D eigenvalue weighted by Gasteiger charge is 2.31. The number of hydrogen-bond acceptors (Lipinski definition) is 3. The second-order valence-electron chi connectivity index (χ2n) is 4.62. The van der Waals surface area contributed by atoms with Crippen LogP contribution in [0.3, 0.4) is 0 Å². The Bertz CT molecular complexity index is 297. The van der Waals surface area contributed by atoms with Crippen LogP contribution in [-0.2, 0) is 10.0 Å². The molecule has 0 radical (unpaired) electrons. The SMILES string of the molecule is O=S1(=O)NCCC1CCC1CCNCC1. The van der Waals surface area contributed by atoms with E-state index in [0.717, 1.165) is 38.3 Å². The van der Waals surface area contributed by atoms with Crippen LogP contribution >= 0.6 is 0 Å². The van der Waals surface area contributed by atoms with Gasteiger partial charge in [-0.2, -0.15) is 0 Å². The molecule has 15 heavy (non-hydrogen) atoms. The van der Waals surface area contributed by atoms with E-state index >= 15 is 0 Å². The lowest BCUT2D eigenvalue weighted by Gasteiger charge is -2.23. The average Bonchev–Trinajstić information content (AvgIpc) is 2.56. The predicted molar refractivity (Wildman–Crippen MR) is 60.2 cm³/mol. The molecule has 88 valence electrons. The predicted octanol–water partition coefficient (Wildman–Crippen LogP) is 0.458. The number of nitrogens with one attached hydrogen (secondary N) is 2. The van der Waals surface area contributed by atoms with Crippen molar-refractivity contribution in [2.75, 3.05) is 19.6 Å². The van der Waals surface area contributed by atoms with E-state index in [9.17, 15) is 8.42 Å². The summed E-state index contributed by atoms with van der Waals surface area (Å²) >= 11 is 0. The van der Waals surface area contributed by atoms with E-state index in [2.05, 4.69) is 10.0 Å². The topological polar surface area (TPSA) is 58.2 Å². The molecule has 2 heterocycles. The molecule has 0 amide bonds. The van der Waals surface area contributed by atoms with Gasteiger partial charge >= 0.3 is 0 Å². The Labute approximate surface area is 91.9 Å². The van der Waals surface area contributed by atoms with Gasteiger partial charge in [-0.15, -0.1) is 0 Å². The summed E-state index contributed by atoms with van der Waals surface area (Å²) < 4.78 is 25.6. The molecule has 2 saturated heterocycles. The zero-order valence-corrected chi connectivity index (χ0v) is 9.85. The minimum Gasteiger partial charge on any atom is -0.317 e. The lowest BCUT2D eigenvalue weighted by molar-refractivity contribution is 0.344. The monoisotopic (exact) mass is 232 g/mol. The van der Waals surface area contributed by atoms with E-state index in [1.165, 1.54) is 12.8 Å². The molecule has 0 aliphatic carbocycles. The number of hydrogen-bond donors (Lipinski definition) is 2. The second kappa shape index (κ2) is 4.80. The van der Waals surface area contributed by atoms with Gasteiger partial charge in [-0.05, 0) is 51.1 Å². The van der Waals surface area contributed by atoms with Gasteiger partial charge in [0.15, 0.2) is 0 Å². The molecule has 0 bridgehead atoms. The molecule has 5 heteroatoms. The maximum atomic E-state index is 11.5. The molecule has 0 aromatic carbocycles. The molecular formula is C10H20N2O2S. The van der Waals surface area contributed by atoms with Crippen molar-refractivity contribution in [3.8, 4) is 0 Å². The standard InChI is InChI=1S/C10H20N2O2S/c13-15(14)10(5-8-12-15)2-1-9-3-6-11-7-4-9/h9-12H,1-8H2. The fraction of sp³-hybridized carbons (Fsp3) is 1.00. The van der Waals surface area contributed by atoms with Crippen LogP contribution in [0.2, 0.25) is 0 Å². The Balaban J connectivity index is 1.77. The third-order valence-electron chi connectivity index (χ3n) is 3.56. The van der Waals surface area contributed by atoms with Crippen molar-refractivity contribution in [2.24, 2.45) is 5.92 Å². The normalized spacial score (nSPS) is 31.9. The van der Waals surface area contributed by atoms with Gasteiger partial charge in [-0.3, -0.25) is 0 Å². The molecule has 2 fully saturated rings. The highest BCUT2D eigenvalue weighted by molar-refractivity contribution is 7.90. The summed E-state index contributed by atoms with van der Waals surface area (Å²) in [4.78, 5) is 0. The minimum absolute atomic E-state index is 0.118. The summed E-state index contributed by atoms with van der Waals surface area (Å²) in [6.45, 7) is 2.83. The Morgan fingerprint density at radius 3 is 2.33 bits per heavy atom. The molecule has 0 aromatic rings. The van der Waals surface area contributed by atoms with Crippen LogP contribution in [0.4, 0.5) is 0 Å². The van der Waals surface area contributed by atoms with Gasteiger partial charge in [0.1, 0.15) is 0 Å². The smallest absolute Gasteiger partial charge is 0.214 e. The quantitative estimate of drug-likeness (QED) is 0.743. The summed E-state index contributed by atoms with van der Waals surface area (Å²) in [6.07, 6.45) is 5.14. The van der Waals surface area contributed by atoms with Gasteiger partial charge in [0, 0.05) is 6.54 Å². The summed E-state index contributed by atoms with van der Waals surface area (Å²) in [6, 6.07) is 0. The second-order valence-corrected chi connectivity index (χ2v) is 6.67. The molecule has 1 atom stereocenters. The third kappa shape index (κ3) is 2.92. The molecule has 0 saturated carbocycles. The maximum absolute atomic E-state index is 11.5. The Kier molecular flexibility index (Phi) is 3.64. The summed E-state index contributed by atoms with van der Waals surface area (Å²) in [5.74, 6) is 0.738. The van der Waals surface area contributed by atoms with Crippen LogP contribution in [0.5, 0.6) is 0 Å². The van der Waals surface area contributed by atoms with Crippen LogP contribution < -0.4 is 10.0 Å². The summed E-state index contributed by atoms with van der Waals surface area (Å²) in [5, 5.41) is 3.21. The molecule has 2 aliphatic heterocycles. The first kappa shape index (κ1) is 11.4. The van der Waals surface area contributed by atoms with E-state index in [0.29, 0.717) is 6.54 Å². The lowest BCUT2D eigenvalue weighted by atomic mass is 9.92. The molecule has 2 N–H and O–H groups in total. The van der Waals surface area contributed by atoms with E-state index in [1.54, 1.807) is 0 Å².